The van der Waals surface area contributed by atoms with E-state index in [0.717, 1.165) is 7.11 Å². The van der Waals surface area contributed by atoms with Gasteiger partial charge in [0.05, 0.1) is 5.56 Å². The lowest BCUT2D eigenvalue weighted by Crippen LogP contribution is -2.10. The van der Waals surface area contributed by atoms with E-state index in [1.807, 2.05) is 0 Å². The van der Waals surface area contributed by atoms with Crippen LogP contribution in [0.15, 0.2) is 24.3 Å². The fourth-order valence-electron chi connectivity index (χ4n) is 0.682. The van der Waals surface area contributed by atoms with Crippen LogP contribution in [0.3, 0.4) is 0 Å². The highest BCUT2D eigenvalue weighted by molar-refractivity contribution is 5.95. The van der Waals surface area contributed by atoms with E-state index in [1.54, 1.807) is 12.1 Å². The number of carbonyl (C=O) groups is 1. The van der Waals surface area contributed by atoms with Crippen LogP contribution in [-0.4, -0.2) is 23.2 Å². The van der Waals surface area contributed by atoms with Crippen molar-refractivity contribution in [1.82, 2.24) is 0 Å². The first-order valence-corrected chi connectivity index (χ1v) is 3.24. The van der Waals surface area contributed by atoms with Gasteiger partial charge in [0.1, 0.15) is 5.75 Å². The van der Waals surface area contributed by atoms with Crippen LogP contribution >= 0.6 is 0 Å². The third-order valence-corrected chi connectivity index (χ3v) is 1.17. The Morgan fingerprint density at radius 1 is 1.33 bits per heavy atom. The van der Waals surface area contributed by atoms with Crippen LogP contribution in [-0.2, 0) is 0 Å². The Labute approximate surface area is 70.3 Å². The van der Waals surface area contributed by atoms with Crippen molar-refractivity contribution in [3.8, 4) is 5.75 Å². The highest BCUT2D eigenvalue weighted by Crippen LogP contribution is 2.13. The number of primary amides is 1. The molecule has 4 heteroatoms. The molecule has 1 amide bonds. The highest BCUT2D eigenvalue weighted by Gasteiger charge is 2.03. The molecule has 0 bridgehead atoms. The van der Waals surface area contributed by atoms with E-state index in [2.05, 4.69) is 0 Å². The van der Waals surface area contributed by atoms with Crippen molar-refractivity contribution < 1.29 is 15.0 Å². The third kappa shape index (κ3) is 2.59. The number of aromatic hydroxyl groups is 1. The van der Waals surface area contributed by atoms with Crippen molar-refractivity contribution in [2.45, 2.75) is 0 Å². The zero-order valence-corrected chi connectivity index (χ0v) is 6.69. The van der Waals surface area contributed by atoms with Crippen LogP contribution in [0.2, 0.25) is 0 Å². The molecule has 0 saturated carbocycles. The second-order valence-corrected chi connectivity index (χ2v) is 1.88. The number of amides is 1. The standard InChI is InChI=1S/C7H7NO2.CH4O/c8-7(10)5-3-1-2-4-6(5)9;1-2/h1-4,9H,(H2,8,10);2H,1H3. The summed E-state index contributed by atoms with van der Waals surface area (Å²) in [5, 5.41) is 16.0. The minimum atomic E-state index is -0.613. The van der Waals surface area contributed by atoms with Crippen molar-refractivity contribution in [3.05, 3.63) is 29.8 Å². The molecular formula is C8H11NO3. The lowest BCUT2D eigenvalue weighted by molar-refractivity contribution is 0.0998. The maximum Gasteiger partial charge on any atom is 0.252 e. The molecule has 0 saturated heterocycles. The van der Waals surface area contributed by atoms with Gasteiger partial charge < -0.3 is 15.9 Å². The van der Waals surface area contributed by atoms with Gasteiger partial charge >= 0.3 is 0 Å². The van der Waals surface area contributed by atoms with Crippen molar-refractivity contribution in [3.63, 3.8) is 0 Å². The normalized spacial score (nSPS) is 8.17. The molecule has 0 atom stereocenters. The van der Waals surface area contributed by atoms with Crippen molar-refractivity contribution in [2.75, 3.05) is 7.11 Å². The number of hydrogen-bond acceptors (Lipinski definition) is 3. The monoisotopic (exact) mass is 169 g/mol. The molecule has 0 fully saturated rings. The summed E-state index contributed by atoms with van der Waals surface area (Å²) >= 11 is 0. The fraction of sp³-hybridized carbons (Fsp3) is 0.125. The van der Waals surface area contributed by atoms with Gasteiger partial charge in [0.15, 0.2) is 0 Å². The predicted molar refractivity (Wildman–Crippen MR) is 44.8 cm³/mol. The zero-order chi connectivity index (χ0) is 9.56. The van der Waals surface area contributed by atoms with E-state index in [9.17, 15) is 4.79 Å². The number of rotatable bonds is 1. The number of carbonyl (C=O) groups excluding carboxylic acids is 1. The molecule has 66 valence electrons. The van der Waals surface area contributed by atoms with Gasteiger partial charge in [-0.05, 0) is 12.1 Å². The number of nitrogens with two attached hydrogens (primary N) is 1. The van der Waals surface area contributed by atoms with Gasteiger partial charge in [-0.2, -0.15) is 0 Å². The molecule has 0 aliphatic rings. The van der Waals surface area contributed by atoms with Crippen molar-refractivity contribution >= 4 is 5.91 Å². The van der Waals surface area contributed by atoms with Gasteiger partial charge in [-0.25, -0.2) is 0 Å². The summed E-state index contributed by atoms with van der Waals surface area (Å²) in [6.07, 6.45) is 0. The van der Waals surface area contributed by atoms with Gasteiger partial charge in [0.2, 0.25) is 0 Å². The van der Waals surface area contributed by atoms with Gasteiger partial charge in [0.25, 0.3) is 5.91 Å². The maximum absolute atomic E-state index is 10.5. The smallest absolute Gasteiger partial charge is 0.252 e. The molecule has 1 aromatic carbocycles. The summed E-state index contributed by atoms with van der Waals surface area (Å²) < 4.78 is 0. The molecule has 0 radical (unpaired) electrons. The topological polar surface area (TPSA) is 83.5 Å². The Bertz CT molecular complexity index is 260. The second kappa shape index (κ2) is 5.15. The van der Waals surface area contributed by atoms with Crippen LogP contribution in [0.4, 0.5) is 0 Å². The number of benzene rings is 1. The molecule has 1 rings (SSSR count). The summed E-state index contributed by atoms with van der Waals surface area (Å²) in [5.74, 6) is -0.687. The average molecular weight is 169 g/mol. The molecule has 0 aliphatic heterocycles. The Balaban J connectivity index is 0.000000561. The van der Waals surface area contributed by atoms with E-state index in [1.165, 1.54) is 12.1 Å². The molecule has 0 aliphatic carbocycles. The number of aliphatic hydroxyl groups excluding tert-OH is 1. The Morgan fingerprint density at radius 3 is 2.17 bits per heavy atom. The number of para-hydroxylation sites is 1. The first-order chi connectivity index (χ1) is 5.72. The molecule has 12 heavy (non-hydrogen) atoms. The number of hydrogen-bond donors (Lipinski definition) is 3. The lowest BCUT2D eigenvalue weighted by atomic mass is 10.2. The van der Waals surface area contributed by atoms with E-state index < -0.39 is 5.91 Å². The average Bonchev–Trinajstić information content (AvgIpc) is 2.08. The molecule has 0 heterocycles. The van der Waals surface area contributed by atoms with Gasteiger partial charge in [0, 0.05) is 7.11 Å². The second-order valence-electron chi connectivity index (χ2n) is 1.88. The molecule has 0 unspecified atom stereocenters. The summed E-state index contributed by atoms with van der Waals surface area (Å²) in [5.41, 5.74) is 5.07. The van der Waals surface area contributed by atoms with Crippen molar-refractivity contribution in [1.29, 1.82) is 0 Å². The maximum atomic E-state index is 10.5. The van der Waals surface area contributed by atoms with E-state index >= 15 is 0 Å². The van der Waals surface area contributed by atoms with E-state index in [-0.39, 0.29) is 11.3 Å². The Morgan fingerprint density at radius 2 is 1.83 bits per heavy atom. The molecular weight excluding hydrogens is 158 g/mol. The lowest BCUT2D eigenvalue weighted by Gasteiger charge is -1.96. The van der Waals surface area contributed by atoms with Gasteiger partial charge in [-0.1, -0.05) is 12.1 Å². The van der Waals surface area contributed by atoms with Crippen LogP contribution in [0.25, 0.3) is 0 Å². The zero-order valence-electron chi connectivity index (χ0n) is 6.69. The summed E-state index contributed by atoms with van der Waals surface area (Å²) in [6.45, 7) is 0. The largest absolute Gasteiger partial charge is 0.507 e. The van der Waals surface area contributed by atoms with Crippen LogP contribution in [0.1, 0.15) is 10.4 Å². The Kier molecular flexibility index (Phi) is 4.48. The molecule has 0 aromatic heterocycles. The van der Waals surface area contributed by atoms with Crippen LogP contribution in [0.5, 0.6) is 5.75 Å². The highest BCUT2D eigenvalue weighted by atomic mass is 16.3. The molecule has 4 N–H and O–H groups in total. The van der Waals surface area contributed by atoms with Gasteiger partial charge in [-0.3, -0.25) is 4.79 Å². The Hall–Kier alpha value is -1.55. The minimum Gasteiger partial charge on any atom is -0.507 e. The number of aliphatic hydroxyl groups is 1. The van der Waals surface area contributed by atoms with E-state index in [4.69, 9.17) is 15.9 Å². The first kappa shape index (κ1) is 10.4. The third-order valence-electron chi connectivity index (χ3n) is 1.17. The summed E-state index contributed by atoms with van der Waals surface area (Å²) in [4.78, 5) is 10.5. The quantitative estimate of drug-likeness (QED) is 0.557. The first-order valence-electron chi connectivity index (χ1n) is 3.24. The molecule has 4 nitrogen and oxygen atoms in total. The minimum absolute atomic E-state index is 0.0741. The predicted octanol–water partition coefficient (Wildman–Crippen LogP) is 0.0996. The van der Waals surface area contributed by atoms with Crippen LogP contribution < -0.4 is 5.73 Å². The SMILES string of the molecule is CO.NC(=O)c1ccccc1O. The van der Waals surface area contributed by atoms with Crippen molar-refractivity contribution in [2.24, 2.45) is 5.73 Å². The van der Waals surface area contributed by atoms with E-state index in [0.29, 0.717) is 0 Å². The molecule has 0 spiro atoms. The summed E-state index contributed by atoms with van der Waals surface area (Å²) in [7, 11) is 1.00. The number of phenols is 1. The fourth-order valence-corrected chi connectivity index (χ4v) is 0.682. The van der Waals surface area contributed by atoms with Crippen LogP contribution in [0, 0.1) is 0 Å². The molecule has 1 aromatic rings. The summed E-state index contributed by atoms with van der Waals surface area (Å²) in [6, 6.07) is 6.15. The van der Waals surface area contributed by atoms with Gasteiger partial charge in [-0.15, -0.1) is 0 Å².